The molecule has 4 heterocycles. The molecule has 186 valence electrons. The molecule has 0 fully saturated rings. The number of methoxy groups -OCH3 is 1. The molecule has 1 amide bonds. The predicted octanol–water partition coefficient (Wildman–Crippen LogP) is 3.24. The molecular formula is C25H27FN8O2. The van der Waals surface area contributed by atoms with Gasteiger partial charge in [0.15, 0.2) is 5.82 Å². The molecule has 0 bridgehead atoms. The van der Waals surface area contributed by atoms with Gasteiger partial charge in [0.05, 0.1) is 24.5 Å². The highest BCUT2D eigenvalue weighted by Gasteiger charge is 2.35. The van der Waals surface area contributed by atoms with Gasteiger partial charge in [-0.1, -0.05) is 12.1 Å². The quantitative estimate of drug-likeness (QED) is 0.419. The van der Waals surface area contributed by atoms with E-state index >= 15 is 0 Å². The van der Waals surface area contributed by atoms with E-state index in [-0.39, 0.29) is 60.1 Å². The third-order valence-corrected chi connectivity index (χ3v) is 5.94. The number of amides is 1. The minimum Gasteiger partial charge on any atom is -0.382 e. The first-order valence-electron chi connectivity index (χ1n) is 14.1. The molecule has 11 heteroatoms. The first-order valence-corrected chi connectivity index (χ1v) is 11.1. The molecule has 0 radical (unpaired) electrons. The van der Waals surface area contributed by atoms with Gasteiger partial charge >= 0.3 is 0 Å². The molecule has 1 atom stereocenters. The van der Waals surface area contributed by atoms with Crippen LogP contribution in [0.5, 0.6) is 0 Å². The van der Waals surface area contributed by atoms with E-state index in [1.54, 1.807) is 28.5 Å². The van der Waals surface area contributed by atoms with Gasteiger partial charge in [-0.15, -0.1) is 0 Å². The van der Waals surface area contributed by atoms with Gasteiger partial charge in [-0.2, -0.15) is 5.10 Å². The molecule has 1 aliphatic rings. The highest BCUT2D eigenvalue weighted by Crippen LogP contribution is 2.27. The number of ether oxygens (including phenoxy) is 1. The molecule has 4 aromatic rings. The second kappa shape index (κ2) is 9.50. The molecule has 36 heavy (non-hydrogen) atoms. The van der Waals surface area contributed by atoms with Gasteiger partial charge in [-0.3, -0.25) is 9.48 Å². The Kier molecular flexibility index (Phi) is 4.57. The fourth-order valence-electron chi connectivity index (χ4n) is 4.08. The topological polar surface area (TPSA) is 103 Å². The monoisotopic (exact) mass is 496 g/mol. The van der Waals surface area contributed by atoms with E-state index in [2.05, 4.69) is 25.4 Å². The molecule has 1 aromatic carbocycles. The molecule has 1 N–H and O–H groups in total. The number of fused-ring (bicyclic) bond motifs is 1. The Bertz CT molecular complexity index is 1630. The molecule has 1 unspecified atom stereocenters. The summed E-state index contributed by atoms with van der Waals surface area (Å²) in [6.07, 6.45) is 3.93. The van der Waals surface area contributed by atoms with Crippen molar-refractivity contribution >= 4 is 17.7 Å². The zero-order valence-corrected chi connectivity index (χ0v) is 19.6. The molecule has 0 spiro atoms. The van der Waals surface area contributed by atoms with E-state index < -0.39 is 25.8 Å². The number of anilines is 2. The average molecular weight is 497 g/mol. The lowest BCUT2D eigenvalue weighted by atomic mass is 10.1. The van der Waals surface area contributed by atoms with Crippen molar-refractivity contribution in [1.82, 2.24) is 34.2 Å². The Hall–Kier alpha value is -4.12. The summed E-state index contributed by atoms with van der Waals surface area (Å²) in [7, 11) is 1.51. The molecular weight excluding hydrogens is 463 g/mol. The third-order valence-electron chi connectivity index (χ3n) is 5.94. The van der Waals surface area contributed by atoms with Crippen LogP contribution in [-0.2, 0) is 24.8 Å². The number of benzene rings is 1. The number of aromatic nitrogens is 6. The summed E-state index contributed by atoms with van der Waals surface area (Å²) < 4.78 is 68.9. The highest BCUT2D eigenvalue weighted by molar-refractivity contribution is 5.92. The van der Waals surface area contributed by atoms with Crippen molar-refractivity contribution in [2.45, 2.75) is 32.9 Å². The van der Waals surface area contributed by atoms with Crippen LogP contribution in [0, 0.1) is 19.6 Å². The average Bonchev–Trinajstić information content (AvgIpc) is 3.55. The van der Waals surface area contributed by atoms with Crippen LogP contribution in [0.1, 0.15) is 35.5 Å². The van der Waals surface area contributed by atoms with Crippen LogP contribution in [0.15, 0.2) is 42.9 Å². The number of halogens is 1. The zero-order valence-electron chi connectivity index (χ0n) is 25.6. The van der Waals surface area contributed by atoms with Crippen molar-refractivity contribution in [2.75, 3.05) is 19.0 Å². The summed E-state index contributed by atoms with van der Waals surface area (Å²) in [4.78, 5) is 28.1. The van der Waals surface area contributed by atoms with E-state index in [0.717, 1.165) is 10.9 Å². The van der Waals surface area contributed by atoms with Crippen molar-refractivity contribution in [1.29, 1.82) is 0 Å². The molecule has 0 aliphatic carbocycles. The highest BCUT2D eigenvalue weighted by atomic mass is 19.1. The minimum absolute atomic E-state index is 0.0510. The second-order valence-corrected chi connectivity index (χ2v) is 8.44. The maximum Gasteiger partial charge on any atom is 0.290 e. The SMILES string of the molecule is [2H]C([2H])([2H])c1cnc(Nc2ccnn2C([2H])([2H])[2H])nc1-c1cn2c(n1)C(=O)N(Cc1ccc(C)c(F)c1)C(COC)C2. The number of hydrogen-bond acceptors (Lipinski definition) is 7. The smallest absolute Gasteiger partial charge is 0.290 e. The van der Waals surface area contributed by atoms with E-state index in [1.807, 2.05) is 0 Å². The third kappa shape index (κ3) is 4.44. The van der Waals surface area contributed by atoms with Gasteiger partial charge in [0.25, 0.3) is 5.91 Å². The van der Waals surface area contributed by atoms with Crippen LogP contribution in [-0.4, -0.2) is 59.9 Å². The summed E-state index contributed by atoms with van der Waals surface area (Å²) in [5.74, 6) is -0.805. The molecule has 10 nitrogen and oxygen atoms in total. The lowest BCUT2D eigenvalue weighted by Gasteiger charge is -2.35. The van der Waals surface area contributed by atoms with Crippen LogP contribution in [0.2, 0.25) is 0 Å². The van der Waals surface area contributed by atoms with Crippen molar-refractivity contribution in [3.05, 3.63) is 71.2 Å². The summed E-state index contributed by atoms with van der Waals surface area (Å²) >= 11 is 0. The maximum absolute atomic E-state index is 14.2. The van der Waals surface area contributed by atoms with E-state index in [4.69, 9.17) is 13.0 Å². The van der Waals surface area contributed by atoms with E-state index in [9.17, 15) is 9.18 Å². The zero-order chi connectivity index (χ0) is 30.4. The number of imidazole rings is 1. The van der Waals surface area contributed by atoms with Crippen molar-refractivity contribution in [2.24, 2.45) is 6.98 Å². The number of aryl methyl sites for hydroxylation is 3. The van der Waals surface area contributed by atoms with Crippen LogP contribution in [0.4, 0.5) is 16.2 Å². The Labute approximate surface area is 216 Å². The van der Waals surface area contributed by atoms with Crippen LogP contribution in [0.25, 0.3) is 11.4 Å². The van der Waals surface area contributed by atoms with Crippen molar-refractivity contribution < 1.29 is 22.1 Å². The van der Waals surface area contributed by atoms with E-state index in [0.29, 0.717) is 11.1 Å². The Morgan fingerprint density at radius 1 is 1.28 bits per heavy atom. The fourth-order valence-corrected chi connectivity index (χ4v) is 4.08. The molecule has 1 aliphatic heterocycles. The van der Waals surface area contributed by atoms with Crippen LogP contribution in [0.3, 0.4) is 0 Å². The van der Waals surface area contributed by atoms with Gasteiger partial charge in [0.1, 0.15) is 17.3 Å². The first kappa shape index (κ1) is 17.3. The van der Waals surface area contributed by atoms with E-state index in [1.165, 1.54) is 31.6 Å². The van der Waals surface area contributed by atoms with Gasteiger partial charge < -0.3 is 19.5 Å². The largest absolute Gasteiger partial charge is 0.382 e. The van der Waals surface area contributed by atoms with Gasteiger partial charge in [0, 0.05) is 53.9 Å². The van der Waals surface area contributed by atoms with Crippen LogP contribution >= 0.6 is 0 Å². The summed E-state index contributed by atoms with van der Waals surface area (Å²) in [6, 6.07) is 5.77. The lowest BCUT2D eigenvalue weighted by molar-refractivity contribution is 0.0380. The van der Waals surface area contributed by atoms with Gasteiger partial charge in [-0.25, -0.2) is 19.3 Å². The maximum atomic E-state index is 14.2. The predicted molar refractivity (Wildman–Crippen MR) is 131 cm³/mol. The standard InChI is InChI=1S/C25H27FN8O2/c1-15-5-6-17(9-19(15)26)11-34-18(14-36-4)12-33-13-20(29-23(33)24(34)35)22-16(2)10-27-25(31-22)30-21-7-8-28-32(21)3/h5-10,13,18H,11-12,14H2,1-4H3,(H,27,30,31)/i2D3,3D3. The van der Waals surface area contributed by atoms with Crippen molar-refractivity contribution in [3.8, 4) is 11.4 Å². The Morgan fingerprint density at radius 2 is 2.17 bits per heavy atom. The lowest BCUT2D eigenvalue weighted by Crippen LogP contribution is -2.49. The number of hydrogen-bond donors (Lipinski definition) is 1. The number of nitrogens with zero attached hydrogens (tertiary/aromatic N) is 7. The minimum atomic E-state index is -2.62. The number of rotatable bonds is 7. The van der Waals surface area contributed by atoms with Crippen molar-refractivity contribution in [3.63, 3.8) is 0 Å². The normalized spacial score (nSPS) is 18.5. The Morgan fingerprint density at radius 3 is 2.94 bits per heavy atom. The summed E-state index contributed by atoms with van der Waals surface area (Å²) in [5.41, 5.74) is 0.932. The number of carbonyl (C=O) groups is 1. The van der Waals surface area contributed by atoms with Crippen LogP contribution < -0.4 is 5.32 Å². The molecule has 0 saturated heterocycles. The number of nitrogens with one attached hydrogen (secondary N) is 1. The molecule has 0 saturated carbocycles. The summed E-state index contributed by atoms with van der Waals surface area (Å²) in [5, 5.41) is 6.56. The first-order chi connectivity index (χ1) is 19.8. The van der Waals surface area contributed by atoms with Gasteiger partial charge in [0.2, 0.25) is 5.95 Å². The van der Waals surface area contributed by atoms with Gasteiger partial charge in [-0.05, 0) is 36.5 Å². The number of carbonyl (C=O) groups excluding carboxylic acids is 1. The molecule has 5 rings (SSSR count). The Balaban J connectivity index is 1.52. The molecule has 3 aromatic heterocycles. The summed E-state index contributed by atoms with van der Waals surface area (Å²) in [6.45, 7) is -2.94. The second-order valence-electron chi connectivity index (χ2n) is 8.44. The fraction of sp³-hybridized carbons (Fsp3) is 0.320.